The van der Waals surface area contributed by atoms with Crippen molar-refractivity contribution in [3.63, 3.8) is 0 Å². The predicted octanol–water partition coefficient (Wildman–Crippen LogP) is 6.46. The number of benzene rings is 2. The lowest BCUT2D eigenvalue weighted by Gasteiger charge is -2.34. The molecule has 0 aliphatic carbocycles. The number of hydrogen-bond acceptors (Lipinski definition) is 2. The highest BCUT2D eigenvalue weighted by Crippen LogP contribution is 2.40. The maximum Gasteiger partial charge on any atom is 0.0373 e. The van der Waals surface area contributed by atoms with E-state index in [1.807, 2.05) is 0 Å². The lowest BCUT2D eigenvalue weighted by atomic mass is 9.76. The van der Waals surface area contributed by atoms with Gasteiger partial charge in [0.05, 0.1) is 0 Å². The zero-order valence-corrected chi connectivity index (χ0v) is 18.4. The molecule has 2 N–H and O–H groups in total. The van der Waals surface area contributed by atoms with Gasteiger partial charge in [0.15, 0.2) is 0 Å². The van der Waals surface area contributed by atoms with Crippen LogP contribution in [0.4, 0.5) is 11.4 Å². The van der Waals surface area contributed by atoms with Crippen LogP contribution in [0, 0.1) is 16.7 Å². The Labute approximate surface area is 171 Å². The summed E-state index contributed by atoms with van der Waals surface area (Å²) in [6.45, 7) is 16.2. The second-order valence-corrected chi connectivity index (χ2v) is 10.9. The van der Waals surface area contributed by atoms with Gasteiger partial charge in [-0.2, -0.15) is 0 Å². The molecule has 0 saturated carbocycles. The van der Waals surface area contributed by atoms with Crippen molar-refractivity contribution in [2.45, 2.75) is 60.3 Å². The Bertz CT molecular complexity index is 806. The first-order chi connectivity index (χ1) is 13.1. The van der Waals surface area contributed by atoms with E-state index >= 15 is 0 Å². The van der Waals surface area contributed by atoms with Crippen LogP contribution in [0.1, 0.15) is 69.7 Å². The molecule has 2 aliphatic heterocycles. The fourth-order valence-electron chi connectivity index (χ4n) is 5.04. The molecule has 2 aromatic carbocycles. The summed E-state index contributed by atoms with van der Waals surface area (Å²) < 4.78 is 0. The van der Waals surface area contributed by atoms with Gasteiger partial charge >= 0.3 is 0 Å². The molecule has 0 aromatic heterocycles. The van der Waals surface area contributed by atoms with Crippen molar-refractivity contribution < 1.29 is 0 Å². The molecular formula is C26H36N2. The maximum absolute atomic E-state index is 3.63. The SMILES string of the molecule is CC(C)C(c1ccc2c(c1)CC(C)(C)CN2)c1ccc2c(c1)CC(C)(C)CN2. The van der Waals surface area contributed by atoms with E-state index in [-0.39, 0.29) is 0 Å². The molecule has 0 fully saturated rings. The lowest BCUT2D eigenvalue weighted by Crippen LogP contribution is -2.31. The van der Waals surface area contributed by atoms with Crippen LogP contribution in [0.2, 0.25) is 0 Å². The summed E-state index contributed by atoms with van der Waals surface area (Å²) >= 11 is 0. The van der Waals surface area contributed by atoms with Crippen LogP contribution in [-0.2, 0) is 12.8 Å². The van der Waals surface area contributed by atoms with Crippen LogP contribution >= 0.6 is 0 Å². The molecule has 0 radical (unpaired) electrons. The van der Waals surface area contributed by atoms with Gasteiger partial charge in [0.2, 0.25) is 0 Å². The van der Waals surface area contributed by atoms with Gasteiger partial charge < -0.3 is 10.6 Å². The minimum absolute atomic E-state index is 0.321. The fraction of sp³-hybridized carbons (Fsp3) is 0.538. The average Bonchev–Trinajstić information content (AvgIpc) is 2.59. The highest BCUT2D eigenvalue weighted by atomic mass is 14.9. The minimum atomic E-state index is 0.321. The highest BCUT2D eigenvalue weighted by Gasteiger charge is 2.29. The van der Waals surface area contributed by atoms with Crippen molar-refractivity contribution in [1.29, 1.82) is 0 Å². The van der Waals surface area contributed by atoms with Crippen LogP contribution in [0.25, 0.3) is 0 Å². The Hall–Kier alpha value is -1.96. The van der Waals surface area contributed by atoms with Crippen LogP contribution in [0.15, 0.2) is 36.4 Å². The Morgan fingerprint density at radius 1 is 0.714 bits per heavy atom. The van der Waals surface area contributed by atoms with Crippen molar-refractivity contribution in [3.05, 3.63) is 58.7 Å². The Morgan fingerprint density at radius 2 is 1.14 bits per heavy atom. The molecule has 2 aliphatic rings. The molecule has 0 atom stereocenters. The molecule has 150 valence electrons. The van der Waals surface area contributed by atoms with Gasteiger partial charge in [-0.15, -0.1) is 0 Å². The van der Waals surface area contributed by atoms with E-state index in [1.54, 1.807) is 0 Å². The van der Waals surface area contributed by atoms with E-state index in [1.165, 1.54) is 33.6 Å². The average molecular weight is 377 g/mol. The van der Waals surface area contributed by atoms with Crippen LogP contribution in [0.3, 0.4) is 0 Å². The smallest absolute Gasteiger partial charge is 0.0373 e. The molecular weight excluding hydrogens is 340 g/mol. The number of rotatable bonds is 3. The van der Waals surface area contributed by atoms with E-state index in [2.05, 4.69) is 88.6 Å². The molecule has 0 saturated heterocycles. The maximum atomic E-state index is 3.63. The quantitative estimate of drug-likeness (QED) is 0.642. The standard InChI is InChI=1S/C26H36N2/c1-17(2)24(18-7-9-22-20(11-18)13-25(3,4)15-27-22)19-8-10-23-21(12-19)14-26(5,6)16-28-23/h7-12,17,24,27-28H,13-16H2,1-6H3. The van der Waals surface area contributed by atoms with Gasteiger partial charge in [-0.3, -0.25) is 0 Å². The molecule has 0 amide bonds. The van der Waals surface area contributed by atoms with Crippen LogP contribution in [-0.4, -0.2) is 13.1 Å². The van der Waals surface area contributed by atoms with E-state index in [9.17, 15) is 0 Å². The van der Waals surface area contributed by atoms with Crippen molar-refractivity contribution in [1.82, 2.24) is 0 Å². The van der Waals surface area contributed by atoms with E-state index in [0.29, 0.717) is 22.7 Å². The monoisotopic (exact) mass is 376 g/mol. The Morgan fingerprint density at radius 3 is 1.54 bits per heavy atom. The van der Waals surface area contributed by atoms with Crippen molar-refractivity contribution in [2.24, 2.45) is 16.7 Å². The molecule has 0 unspecified atom stereocenters. The van der Waals surface area contributed by atoms with Gasteiger partial charge in [-0.05, 0) is 64.0 Å². The predicted molar refractivity (Wildman–Crippen MR) is 122 cm³/mol. The summed E-state index contributed by atoms with van der Waals surface area (Å²) in [6, 6.07) is 14.2. The summed E-state index contributed by atoms with van der Waals surface area (Å²) in [5.74, 6) is 0.996. The largest absolute Gasteiger partial charge is 0.384 e. The van der Waals surface area contributed by atoms with Crippen molar-refractivity contribution in [2.75, 3.05) is 23.7 Å². The summed E-state index contributed by atoms with van der Waals surface area (Å²) in [5.41, 5.74) is 9.14. The third kappa shape index (κ3) is 3.79. The Kier molecular flexibility index (Phi) is 4.72. The normalized spacial score (nSPS) is 19.6. The van der Waals surface area contributed by atoms with Crippen LogP contribution in [0.5, 0.6) is 0 Å². The van der Waals surface area contributed by atoms with Crippen LogP contribution < -0.4 is 10.6 Å². The first-order valence-corrected chi connectivity index (χ1v) is 10.9. The Balaban J connectivity index is 1.71. The van der Waals surface area contributed by atoms with Gasteiger partial charge in [0.25, 0.3) is 0 Å². The molecule has 4 rings (SSSR count). The molecule has 2 aromatic rings. The number of nitrogens with one attached hydrogen (secondary N) is 2. The highest BCUT2D eigenvalue weighted by molar-refractivity contribution is 5.59. The summed E-state index contributed by atoms with van der Waals surface area (Å²) in [5, 5.41) is 7.26. The molecule has 0 spiro atoms. The molecule has 2 heteroatoms. The second-order valence-electron chi connectivity index (χ2n) is 10.9. The third-order valence-corrected chi connectivity index (χ3v) is 6.50. The first kappa shape index (κ1) is 19.4. The van der Waals surface area contributed by atoms with Gasteiger partial charge in [-0.25, -0.2) is 0 Å². The van der Waals surface area contributed by atoms with Crippen molar-refractivity contribution >= 4 is 11.4 Å². The molecule has 2 heterocycles. The molecule has 28 heavy (non-hydrogen) atoms. The van der Waals surface area contributed by atoms with Crippen molar-refractivity contribution in [3.8, 4) is 0 Å². The van der Waals surface area contributed by atoms with Gasteiger partial charge in [-0.1, -0.05) is 65.8 Å². The zero-order chi connectivity index (χ0) is 20.1. The summed E-state index contributed by atoms with van der Waals surface area (Å²) in [7, 11) is 0. The van der Waals surface area contributed by atoms with E-state index < -0.39 is 0 Å². The second kappa shape index (κ2) is 6.83. The zero-order valence-electron chi connectivity index (χ0n) is 18.4. The number of fused-ring (bicyclic) bond motifs is 2. The van der Waals surface area contributed by atoms with Gasteiger partial charge in [0.1, 0.15) is 0 Å². The topological polar surface area (TPSA) is 24.1 Å². The summed E-state index contributed by atoms with van der Waals surface area (Å²) in [6.07, 6.45) is 2.30. The number of hydrogen-bond donors (Lipinski definition) is 2. The third-order valence-electron chi connectivity index (χ3n) is 6.50. The minimum Gasteiger partial charge on any atom is -0.384 e. The van der Waals surface area contributed by atoms with E-state index in [0.717, 1.165) is 25.9 Å². The fourth-order valence-corrected chi connectivity index (χ4v) is 5.04. The molecule has 2 nitrogen and oxygen atoms in total. The first-order valence-electron chi connectivity index (χ1n) is 10.9. The number of anilines is 2. The molecule has 0 bridgehead atoms. The lowest BCUT2D eigenvalue weighted by molar-refractivity contribution is 0.378. The van der Waals surface area contributed by atoms with Gasteiger partial charge in [0, 0.05) is 30.4 Å². The van der Waals surface area contributed by atoms with E-state index in [4.69, 9.17) is 0 Å². The summed E-state index contributed by atoms with van der Waals surface area (Å²) in [4.78, 5) is 0.